The van der Waals surface area contributed by atoms with Crippen molar-refractivity contribution in [3.8, 4) is 11.1 Å². The van der Waals surface area contributed by atoms with Crippen molar-refractivity contribution in [3.05, 3.63) is 95.7 Å². The Labute approximate surface area is 234 Å². The SMILES string of the molecule is CCC(C)OP(=O)(O)c1cc(-c2ccc(COC3CCCCO3)cc2)cc2ccc(C(=O)c3ccccc3)nc12. The lowest BCUT2D eigenvalue weighted by molar-refractivity contribution is -0.168. The van der Waals surface area contributed by atoms with E-state index in [1.165, 1.54) is 0 Å². The lowest BCUT2D eigenvalue weighted by atomic mass is 10.0. The molecule has 1 fully saturated rings. The van der Waals surface area contributed by atoms with Crippen molar-refractivity contribution in [1.29, 1.82) is 0 Å². The molecule has 3 aromatic carbocycles. The molecule has 1 aliphatic rings. The van der Waals surface area contributed by atoms with Crippen LogP contribution >= 0.6 is 7.60 Å². The second kappa shape index (κ2) is 12.5. The topological polar surface area (TPSA) is 95.0 Å². The second-order valence-electron chi connectivity index (χ2n) is 10.1. The molecule has 208 valence electrons. The maximum atomic E-state index is 13.6. The third-order valence-electron chi connectivity index (χ3n) is 7.10. The van der Waals surface area contributed by atoms with Gasteiger partial charge in [-0.1, -0.05) is 67.6 Å². The molecular weight excluding hydrogens is 525 g/mol. The fourth-order valence-corrected chi connectivity index (χ4v) is 6.16. The summed E-state index contributed by atoms with van der Waals surface area (Å²) < 4.78 is 30.8. The molecule has 0 radical (unpaired) electrons. The van der Waals surface area contributed by atoms with E-state index in [2.05, 4.69) is 4.98 Å². The zero-order chi connectivity index (χ0) is 28.1. The van der Waals surface area contributed by atoms with Crippen LogP contribution in [0.15, 0.2) is 78.9 Å². The van der Waals surface area contributed by atoms with Gasteiger partial charge >= 0.3 is 7.60 Å². The number of aromatic nitrogens is 1. The Hall–Kier alpha value is -3.19. The number of nitrogens with zero attached hydrogens (tertiary/aromatic N) is 1. The first-order valence-electron chi connectivity index (χ1n) is 13.7. The number of ether oxygens (including phenoxy) is 2. The molecule has 0 aliphatic carbocycles. The van der Waals surface area contributed by atoms with Crippen LogP contribution < -0.4 is 5.30 Å². The van der Waals surface area contributed by atoms with Gasteiger partial charge in [0.25, 0.3) is 0 Å². The van der Waals surface area contributed by atoms with Crippen molar-refractivity contribution < 1.29 is 28.3 Å². The van der Waals surface area contributed by atoms with E-state index in [-0.39, 0.29) is 28.6 Å². The van der Waals surface area contributed by atoms with Crippen molar-refractivity contribution in [3.63, 3.8) is 0 Å². The van der Waals surface area contributed by atoms with Gasteiger partial charge < -0.3 is 18.9 Å². The van der Waals surface area contributed by atoms with Crippen molar-refractivity contribution in [2.75, 3.05) is 6.61 Å². The van der Waals surface area contributed by atoms with Gasteiger partial charge in [-0.25, -0.2) is 4.98 Å². The monoisotopic (exact) mass is 559 g/mol. The highest BCUT2D eigenvalue weighted by atomic mass is 31.2. The van der Waals surface area contributed by atoms with E-state index in [4.69, 9.17) is 14.0 Å². The summed E-state index contributed by atoms with van der Waals surface area (Å²) in [6, 6.07) is 23.7. The summed E-state index contributed by atoms with van der Waals surface area (Å²) >= 11 is 0. The summed E-state index contributed by atoms with van der Waals surface area (Å²) in [6.07, 6.45) is 3.07. The number of carbonyl (C=O) groups excluding carboxylic acids is 1. The molecule has 5 rings (SSSR count). The second-order valence-corrected chi connectivity index (χ2v) is 11.8. The van der Waals surface area contributed by atoms with E-state index < -0.39 is 13.7 Å². The zero-order valence-electron chi connectivity index (χ0n) is 22.8. The lowest BCUT2D eigenvalue weighted by Crippen LogP contribution is -2.21. The molecule has 0 spiro atoms. The van der Waals surface area contributed by atoms with Crippen molar-refractivity contribution in [2.45, 2.75) is 58.5 Å². The third kappa shape index (κ3) is 6.57. The van der Waals surface area contributed by atoms with Gasteiger partial charge in [-0.3, -0.25) is 9.36 Å². The van der Waals surface area contributed by atoms with Crippen LogP contribution in [-0.2, 0) is 25.2 Å². The maximum Gasteiger partial charge on any atom is 0.361 e. The Balaban J connectivity index is 1.50. The Morgan fingerprint density at radius 3 is 2.52 bits per heavy atom. The van der Waals surface area contributed by atoms with Crippen LogP contribution in [0.25, 0.3) is 22.0 Å². The van der Waals surface area contributed by atoms with Gasteiger partial charge in [-0.05, 0) is 67.5 Å². The average Bonchev–Trinajstić information content (AvgIpc) is 2.99. The number of carbonyl (C=O) groups is 1. The molecular formula is C32H34NO6P. The predicted molar refractivity (Wildman–Crippen MR) is 156 cm³/mol. The predicted octanol–water partition coefficient (Wildman–Crippen LogP) is 6.80. The number of benzene rings is 3. The van der Waals surface area contributed by atoms with Crippen molar-refractivity contribution >= 4 is 29.6 Å². The quantitative estimate of drug-likeness (QED) is 0.169. The highest BCUT2D eigenvalue weighted by Crippen LogP contribution is 2.45. The molecule has 1 saturated heterocycles. The summed E-state index contributed by atoms with van der Waals surface area (Å²) in [7, 11) is -4.28. The number of hydrogen-bond acceptors (Lipinski definition) is 6. The first-order valence-corrected chi connectivity index (χ1v) is 15.3. The molecule has 2 heterocycles. The normalized spacial score (nSPS) is 17.8. The summed E-state index contributed by atoms with van der Waals surface area (Å²) in [6.45, 7) is 4.83. The first-order chi connectivity index (χ1) is 19.3. The summed E-state index contributed by atoms with van der Waals surface area (Å²) in [5.41, 5.74) is 3.59. The van der Waals surface area contributed by atoms with Crippen LogP contribution in [0.4, 0.5) is 0 Å². The molecule has 40 heavy (non-hydrogen) atoms. The number of fused-ring (bicyclic) bond motifs is 1. The van der Waals surface area contributed by atoms with Crippen LogP contribution in [0.2, 0.25) is 0 Å². The van der Waals surface area contributed by atoms with E-state index in [1.807, 2.05) is 43.3 Å². The smallest absolute Gasteiger partial charge is 0.353 e. The highest BCUT2D eigenvalue weighted by Gasteiger charge is 2.29. The fourth-order valence-electron chi connectivity index (χ4n) is 4.66. The summed E-state index contributed by atoms with van der Waals surface area (Å²) in [5, 5.41) is 0.714. The molecule has 3 atom stereocenters. The van der Waals surface area contributed by atoms with Crippen LogP contribution in [-0.4, -0.2) is 34.7 Å². The number of hydrogen-bond donors (Lipinski definition) is 1. The van der Waals surface area contributed by atoms with Gasteiger partial charge in [-0.15, -0.1) is 0 Å². The van der Waals surface area contributed by atoms with Gasteiger partial charge in [0.1, 0.15) is 5.69 Å². The summed E-state index contributed by atoms with van der Waals surface area (Å²) in [5.74, 6) is -0.260. The largest absolute Gasteiger partial charge is 0.361 e. The number of ketones is 1. The molecule has 1 N–H and O–H groups in total. The molecule has 0 amide bonds. The van der Waals surface area contributed by atoms with E-state index in [9.17, 15) is 14.3 Å². The average molecular weight is 560 g/mol. The van der Waals surface area contributed by atoms with Gasteiger partial charge in [-0.2, -0.15) is 0 Å². The lowest BCUT2D eigenvalue weighted by Gasteiger charge is -2.22. The molecule has 3 unspecified atom stereocenters. The molecule has 0 bridgehead atoms. The summed E-state index contributed by atoms with van der Waals surface area (Å²) in [4.78, 5) is 28.8. The number of rotatable bonds is 10. The fraction of sp³-hybridized carbons (Fsp3) is 0.312. The van der Waals surface area contributed by atoms with Crippen molar-refractivity contribution in [2.24, 2.45) is 0 Å². The minimum atomic E-state index is -4.28. The highest BCUT2D eigenvalue weighted by molar-refractivity contribution is 7.61. The van der Waals surface area contributed by atoms with E-state index >= 15 is 0 Å². The molecule has 7 nitrogen and oxygen atoms in total. The van der Waals surface area contributed by atoms with E-state index in [0.717, 1.165) is 42.6 Å². The molecule has 1 aromatic heterocycles. The third-order valence-corrected chi connectivity index (χ3v) is 8.70. The van der Waals surface area contributed by atoms with Crippen LogP contribution in [0.5, 0.6) is 0 Å². The van der Waals surface area contributed by atoms with E-state index in [1.54, 1.807) is 49.4 Å². The van der Waals surface area contributed by atoms with E-state index in [0.29, 0.717) is 24.0 Å². The maximum absolute atomic E-state index is 13.6. The minimum absolute atomic E-state index is 0.0740. The standard InChI is InChI=1S/C32H34NO6P/c1-3-22(2)39-40(35,36)29-20-27(24-14-12-23(13-15-24)21-38-30-11-7-8-18-37-30)19-26-16-17-28(33-31(26)29)32(34)25-9-5-4-6-10-25/h4-6,9-10,12-17,19-20,22,30H,3,7-8,11,18,21H2,1-2H3,(H,35,36). The first kappa shape index (κ1) is 28.3. The van der Waals surface area contributed by atoms with Gasteiger partial charge in [0.05, 0.1) is 23.5 Å². The zero-order valence-corrected chi connectivity index (χ0v) is 23.7. The van der Waals surface area contributed by atoms with Crippen molar-refractivity contribution in [1.82, 2.24) is 4.98 Å². The Morgan fingerprint density at radius 2 is 1.82 bits per heavy atom. The molecule has 8 heteroatoms. The van der Waals surface area contributed by atoms with Crippen LogP contribution in [0.3, 0.4) is 0 Å². The Morgan fingerprint density at radius 1 is 1.05 bits per heavy atom. The minimum Gasteiger partial charge on any atom is -0.353 e. The van der Waals surface area contributed by atoms with Gasteiger partial charge in [0.2, 0.25) is 5.78 Å². The Kier molecular flexibility index (Phi) is 8.89. The number of pyridine rings is 1. The van der Waals surface area contributed by atoms with Crippen LogP contribution in [0, 0.1) is 0 Å². The van der Waals surface area contributed by atoms with Crippen LogP contribution in [0.1, 0.15) is 61.1 Å². The van der Waals surface area contributed by atoms with Gasteiger partial charge in [0, 0.05) is 17.6 Å². The Bertz CT molecular complexity index is 1520. The van der Waals surface area contributed by atoms with Gasteiger partial charge in [0.15, 0.2) is 6.29 Å². The molecule has 0 saturated carbocycles. The molecule has 1 aliphatic heterocycles. The molecule has 4 aromatic rings.